The molecule has 5 heterocycles. The lowest BCUT2D eigenvalue weighted by atomic mass is 10.0. The maximum Gasteiger partial charge on any atom is 0.144 e. The molecule has 234 valence electrons. The number of nitrogens with zero attached hydrogens (tertiary/aromatic N) is 7. The van der Waals surface area contributed by atoms with Crippen molar-refractivity contribution in [1.29, 1.82) is 0 Å². The van der Waals surface area contributed by atoms with Crippen molar-refractivity contribution in [1.82, 2.24) is 29.7 Å². The van der Waals surface area contributed by atoms with E-state index in [9.17, 15) is 0 Å². The Morgan fingerprint density at radius 1 is 0.867 bits per heavy atom. The topological polar surface area (TPSA) is 101 Å². The summed E-state index contributed by atoms with van der Waals surface area (Å²) in [6, 6.07) is 15.2. The van der Waals surface area contributed by atoms with Gasteiger partial charge in [-0.05, 0) is 50.2 Å². The Hall–Kier alpha value is -4.61. The molecule has 2 fully saturated rings. The second-order valence-electron chi connectivity index (χ2n) is 12.3. The standard InChI is InChI=1S/C34H42N10O/c1-41(2)33-28(8-7-27-32(33)36-14-13-35-27)38-29-22-31(40-34-25(29)9-12-37-34)39-26-6-5-24(21-30(26)45-4)43-15-10-23(11-16-43)44-19-17-42(3)18-20-44/h5-9,12-14,21-23H,10-11,15-20H2,1-4H3,(H3,37,38,39,40). The SMILES string of the molecule is COc1cc(N2CCC(N3CCN(C)CC3)CC2)ccc1Nc1cc(Nc2ccc3nccnc3c2N(C)C)c2cc[nH]c2n1. The molecule has 2 aliphatic heterocycles. The van der Waals surface area contributed by atoms with Gasteiger partial charge < -0.3 is 35.1 Å². The van der Waals surface area contributed by atoms with Crippen LogP contribution in [0.15, 0.2) is 61.1 Å². The predicted molar refractivity (Wildman–Crippen MR) is 184 cm³/mol. The number of likely N-dealkylation sites (N-methyl/N-ethyl adjacent to an activating group) is 1. The highest BCUT2D eigenvalue weighted by atomic mass is 16.5. The van der Waals surface area contributed by atoms with Gasteiger partial charge in [0.15, 0.2) is 0 Å². The van der Waals surface area contributed by atoms with Gasteiger partial charge in [-0.25, -0.2) is 4.98 Å². The van der Waals surface area contributed by atoms with Crippen molar-refractivity contribution < 1.29 is 4.74 Å². The summed E-state index contributed by atoms with van der Waals surface area (Å²) in [6.07, 6.45) is 7.75. The number of ether oxygens (including phenoxy) is 1. The quantitative estimate of drug-likeness (QED) is 0.216. The lowest BCUT2D eigenvalue weighted by Crippen LogP contribution is -2.52. The molecule has 2 aliphatic rings. The molecule has 7 rings (SSSR count). The van der Waals surface area contributed by atoms with Crippen LogP contribution in [-0.4, -0.2) is 103 Å². The molecule has 0 bridgehead atoms. The van der Waals surface area contributed by atoms with Gasteiger partial charge >= 0.3 is 0 Å². The molecule has 11 nitrogen and oxygen atoms in total. The monoisotopic (exact) mass is 606 g/mol. The fourth-order valence-electron chi connectivity index (χ4n) is 6.72. The van der Waals surface area contributed by atoms with Gasteiger partial charge in [0, 0.05) is 101 Å². The van der Waals surface area contributed by atoms with Gasteiger partial charge in [0.05, 0.1) is 35.4 Å². The predicted octanol–water partition coefficient (Wildman–Crippen LogP) is 5.28. The summed E-state index contributed by atoms with van der Waals surface area (Å²) < 4.78 is 5.89. The molecule has 3 aromatic heterocycles. The minimum Gasteiger partial charge on any atom is -0.494 e. The molecule has 0 spiro atoms. The number of hydrogen-bond donors (Lipinski definition) is 3. The van der Waals surface area contributed by atoms with Crippen LogP contribution >= 0.6 is 0 Å². The molecule has 0 aliphatic carbocycles. The highest BCUT2D eigenvalue weighted by Crippen LogP contribution is 2.38. The molecule has 0 saturated carbocycles. The van der Waals surface area contributed by atoms with Gasteiger partial charge in [0.2, 0.25) is 0 Å². The van der Waals surface area contributed by atoms with Crippen molar-refractivity contribution in [2.75, 3.05) is 88.0 Å². The number of methoxy groups -OCH3 is 1. The normalized spacial score (nSPS) is 16.8. The van der Waals surface area contributed by atoms with E-state index in [-0.39, 0.29) is 0 Å². The number of nitrogens with one attached hydrogen (secondary N) is 3. The summed E-state index contributed by atoms with van der Waals surface area (Å²) in [5, 5.41) is 8.17. The van der Waals surface area contributed by atoms with Gasteiger partial charge in [-0.1, -0.05) is 0 Å². The van der Waals surface area contributed by atoms with Crippen LogP contribution in [0.2, 0.25) is 0 Å². The number of anilines is 6. The van der Waals surface area contributed by atoms with E-state index in [1.54, 1.807) is 19.5 Å². The largest absolute Gasteiger partial charge is 0.494 e. The lowest BCUT2D eigenvalue weighted by molar-refractivity contribution is 0.0982. The van der Waals surface area contributed by atoms with E-state index < -0.39 is 0 Å². The van der Waals surface area contributed by atoms with Crippen molar-refractivity contribution in [3.05, 3.63) is 61.1 Å². The van der Waals surface area contributed by atoms with E-state index in [0.717, 1.165) is 63.7 Å². The fraction of sp³-hybridized carbons (Fsp3) is 0.382. The molecular formula is C34H42N10O. The van der Waals surface area contributed by atoms with Crippen molar-refractivity contribution in [2.45, 2.75) is 18.9 Å². The first-order valence-electron chi connectivity index (χ1n) is 15.8. The Morgan fingerprint density at radius 3 is 2.42 bits per heavy atom. The molecule has 3 N–H and O–H groups in total. The van der Waals surface area contributed by atoms with Gasteiger partial charge in [-0.15, -0.1) is 0 Å². The minimum absolute atomic E-state index is 0.686. The zero-order chi connectivity index (χ0) is 30.9. The third kappa shape index (κ3) is 5.93. The third-order valence-electron chi connectivity index (χ3n) is 9.19. The number of aromatic amines is 1. The molecule has 11 heteroatoms. The number of H-pyrrole nitrogens is 1. The second kappa shape index (κ2) is 12.4. The van der Waals surface area contributed by atoms with Crippen LogP contribution in [-0.2, 0) is 0 Å². The number of pyridine rings is 1. The van der Waals surface area contributed by atoms with E-state index in [0.29, 0.717) is 11.9 Å². The summed E-state index contributed by atoms with van der Waals surface area (Å²) in [6.45, 7) is 6.83. The van der Waals surface area contributed by atoms with Crippen LogP contribution in [0, 0.1) is 0 Å². The van der Waals surface area contributed by atoms with Crippen LogP contribution in [0.1, 0.15) is 12.8 Å². The molecule has 0 radical (unpaired) electrons. The summed E-state index contributed by atoms with van der Waals surface area (Å²) in [5.74, 6) is 1.50. The van der Waals surface area contributed by atoms with Crippen molar-refractivity contribution in [3.8, 4) is 5.75 Å². The van der Waals surface area contributed by atoms with Crippen LogP contribution in [0.5, 0.6) is 5.75 Å². The number of fused-ring (bicyclic) bond motifs is 2. The van der Waals surface area contributed by atoms with Gasteiger partial charge in [-0.2, -0.15) is 0 Å². The number of rotatable bonds is 8. The van der Waals surface area contributed by atoms with Crippen LogP contribution < -0.4 is 25.2 Å². The molecule has 45 heavy (non-hydrogen) atoms. The summed E-state index contributed by atoms with van der Waals surface area (Å²) in [5.41, 5.74) is 7.38. The molecule has 0 amide bonds. The minimum atomic E-state index is 0.686. The van der Waals surface area contributed by atoms with Gasteiger partial charge in [0.1, 0.15) is 22.7 Å². The van der Waals surface area contributed by atoms with E-state index in [1.165, 1.54) is 44.7 Å². The van der Waals surface area contributed by atoms with Crippen LogP contribution in [0.25, 0.3) is 22.1 Å². The zero-order valence-corrected chi connectivity index (χ0v) is 26.5. The number of benzene rings is 2. The smallest absolute Gasteiger partial charge is 0.144 e. The molecular weight excluding hydrogens is 564 g/mol. The van der Waals surface area contributed by atoms with Crippen LogP contribution in [0.4, 0.5) is 34.3 Å². The van der Waals surface area contributed by atoms with Gasteiger partial charge in [0.25, 0.3) is 0 Å². The summed E-state index contributed by atoms with van der Waals surface area (Å²) in [7, 11) is 7.99. The fourth-order valence-corrected chi connectivity index (χ4v) is 6.72. The molecule has 0 unspecified atom stereocenters. The average molecular weight is 607 g/mol. The summed E-state index contributed by atoms with van der Waals surface area (Å²) in [4.78, 5) is 26.9. The Morgan fingerprint density at radius 2 is 1.64 bits per heavy atom. The third-order valence-corrected chi connectivity index (χ3v) is 9.19. The molecule has 2 aromatic carbocycles. The maximum atomic E-state index is 5.89. The lowest BCUT2D eigenvalue weighted by Gasteiger charge is -2.42. The first kappa shape index (κ1) is 29.1. The second-order valence-corrected chi connectivity index (χ2v) is 12.3. The highest BCUT2D eigenvalue weighted by Gasteiger charge is 2.27. The number of aromatic nitrogens is 4. The first-order valence-corrected chi connectivity index (χ1v) is 15.8. The maximum absolute atomic E-state index is 5.89. The highest BCUT2D eigenvalue weighted by molar-refractivity contribution is 6.00. The van der Waals surface area contributed by atoms with E-state index in [1.807, 2.05) is 44.6 Å². The first-order chi connectivity index (χ1) is 22.0. The number of hydrogen-bond acceptors (Lipinski definition) is 10. The van der Waals surface area contributed by atoms with Crippen molar-refractivity contribution in [3.63, 3.8) is 0 Å². The van der Waals surface area contributed by atoms with Crippen LogP contribution in [0.3, 0.4) is 0 Å². The Labute approximate surface area is 264 Å². The molecule has 5 aromatic rings. The Bertz CT molecular complexity index is 1790. The molecule has 2 saturated heterocycles. The van der Waals surface area contributed by atoms with E-state index in [4.69, 9.17) is 9.72 Å². The van der Waals surface area contributed by atoms with Crippen molar-refractivity contribution >= 4 is 56.3 Å². The van der Waals surface area contributed by atoms with Gasteiger partial charge in [-0.3, -0.25) is 14.9 Å². The van der Waals surface area contributed by atoms with Crippen molar-refractivity contribution in [2.24, 2.45) is 0 Å². The Balaban J connectivity index is 1.11. The number of piperidine rings is 1. The number of piperazine rings is 1. The molecule has 0 atom stereocenters. The zero-order valence-electron chi connectivity index (χ0n) is 26.5. The van der Waals surface area contributed by atoms with E-state index in [2.05, 4.69) is 70.4 Å². The Kier molecular flexibility index (Phi) is 8.03. The summed E-state index contributed by atoms with van der Waals surface area (Å²) >= 11 is 0. The van der Waals surface area contributed by atoms with E-state index >= 15 is 0 Å². The average Bonchev–Trinajstić information content (AvgIpc) is 3.54.